The van der Waals surface area contributed by atoms with Crippen molar-refractivity contribution in [2.75, 3.05) is 18.5 Å². The molecule has 0 saturated carbocycles. The van der Waals surface area contributed by atoms with Crippen molar-refractivity contribution in [2.24, 2.45) is 5.41 Å². The van der Waals surface area contributed by atoms with E-state index in [2.05, 4.69) is 5.32 Å². The Morgan fingerprint density at radius 2 is 2.00 bits per heavy atom. The molecule has 1 aromatic carbocycles. The lowest BCUT2D eigenvalue weighted by Gasteiger charge is -2.22. The van der Waals surface area contributed by atoms with Crippen molar-refractivity contribution < 1.29 is 24.2 Å². The van der Waals surface area contributed by atoms with Crippen LogP contribution in [-0.2, 0) is 9.59 Å². The molecule has 1 aliphatic rings. The summed E-state index contributed by atoms with van der Waals surface area (Å²) in [5, 5.41) is 11.7. The number of fused-ring (bicyclic) bond motifs is 1. The van der Waals surface area contributed by atoms with Crippen LogP contribution in [0.4, 0.5) is 5.69 Å². The fourth-order valence-corrected chi connectivity index (χ4v) is 1.84. The van der Waals surface area contributed by atoms with Gasteiger partial charge in [0, 0.05) is 6.42 Å². The first-order valence-electron chi connectivity index (χ1n) is 6.32. The molecule has 0 spiro atoms. The van der Waals surface area contributed by atoms with E-state index in [4.69, 9.17) is 14.6 Å². The first-order valence-corrected chi connectivity index (χ1v) is 6.32. The van der Waals surface area contributed by atoms with Crippen molar-refractivity contribution in [1.82, 2.24) is 0 Å². The second-order valence-corrected chi connectivity index (χ2v) is 5.24. The Bertz CT molecular complexity index is 538. The summed E-state index contributed by atoms with van der Waals surface area (Å²) in [5.74, 6) is -0.325. The van der Waals surface area contributed by atoms with Gasteiger partial charge in [-0.05, 0) is 26.0 Å². The van der Waals surface area contributed by atoms with Gasteiger partial charge in [-0.25, -0.2) is 0 Å². The Kier molecular flexibility index (Phi) is 3.83. The Morgan fingerprint density at radius 1 is 1.30 bits per heavy atom. The fourth-order valence-electron chi connectivity index (χ4n) is 1.84. The van der Waals surface area contributed by atoms with Gasteiger partial charge >= 0.3 is 5.97 Å². The molecule has 6 heteroatoms. The van der Waals surface area contributed by atoms with Crippen molar-refractivity contribution in [3.8, 4) is 11.5 Å². The smallest absolute Gasteiger partial charge is 0.309 e. The number of hydrogen-bond donors (Lipinski definition) is 2. The molecule has 0 atom stereocenters. The van der Waals surface area contributed by atoms with Gasteiger partial charge in [0.2, 0.25) is 5.91 Å². The molecule has 20 heavy (non-hydrogen) atoms. The number of aliphatic carboxylic acids is 1. The van der Waals surface area contributed by atoms with Crippen LogP contribution in [-0.4, -0.2) is 30.2 Å². The number of ether oxygens (including phenoxy) is 2. The monoisotopic (exact) mass is 279 g/mol. The standard InChI is InChI=1S/C14H17NO5/c1-14(2,13(17)18)8-11(16)15-9-4-3-5-10-12(9)20-7-6-19-10/h3-5H,6-8H2,1-2H3,(H,15,16)(H,17,18). The molecule has 2 rings (SSSR count). The highest BCUT2D eigenvalue weighted by atomic mass is 16.6. The van der Waals surface area contributed by atoms with E-state index in [9.17, 15) is 9.59 Å². The van der Waals surface area contributed by atoms with E-state index in [-0.39, 0.29) is 12.3 Å². The zero-order chi connectivity index (χ0) is 14.8. The number of carbonyl (C=O) groups is 2. The van der Waals surface area contributed by atoms with Crippen LogP contribution in [0, 0.1) is 5.41 Å². The summed E-state index contributed by atoms with van der Waals surface area (Å²) in [7, 11) is 0. The average Bonchev–Trinajstić information content (AvgIpc) is 2.38. The third kappa shape index (κ3) is 3.01. The third-order valence-corrected chi connectivity index (χ3v) is 3.02. The number of rotatable bonds is 4. The molecule has 0 bridgehead atoms. The van der Waals surface area contributed by atoms with Gasteiger partial charge in [0.1, 0.15) is 13.2 Å². The zero-order valence-corrected chi connectivity index (χ0v) is 11.4. The lowest BCUT2D eigenvalue weighted by atomic mass is 9.89. The van der Waals surface area contributed by atoms with Crippen LogP contribution < -0.4 is 14.8 Å². The van der Waals surface area contributed by atoms with Crippen LogP contribution in [0.3, 0.4) is 0 Å². The van der Waals surface area contributed by atoms with Gasteiger partial charge in [0.05, 0.1) is 11.1 Å². The number of carbonyl (C=O) groups excluding carboxylic acids is 1. The van der Waals surface area contributed by atoms with Crippen LogP contribution in [0.1, 0.15) is 20.3 Å². The topological polar surface area (TPSA) is 84.9 Å². The van der Waals surface area contributed by atoms with Crippen LogP contribution in [0.15, 0.2) is 18.2 Å². The van der Waals surface area contributed by atoms with Crippen molar-refractivity contribution in [2.45, 2.75) is 20.3 Å². The molecule has 0 radical (unpaired) electrons. The Labute approximate surface area is 116 Å². The van der Waals surface area contributed by atoms with E-state index in [1.54, 1.807) is 18.2 Å². The molecule has 108 valence electrons. The lowest BCUT2D eigenvalue weighted by Crippen LogP contribution is -2.29. The molecule has 0 unspecified atom stereocenters. The zero-order valence-electron chi connectivity index (χ0n) is 11.4. The Morgan fingerprint density at radius 3 is 2.70 bits per heavy atom. The molecule has 0 saturated heterocycles. The highest BCUT2D eigenvalue weighted by molar-refractivity contribution is 5.95. The highest BCUT2D eigenvalue weighted by Gasteiger charge is 2.30. The number of anilines is 1. The van der Waals surface area contributed by atoms with E-state index in [1.807, 2.05) is 0 Å². The van der Waals surface area contributed by atoms with Gasteiger partial charge in [-0.3, -0.25) is 9.59 Å². The first-order chi connectivity index (χ1) is 9.40. The summed E-state index contributed by atoms with van der Waals surface area (Å²) < 4.78 is 10.9. The van der Waals surface area contributed by atoms with Gasteiger partial charge in [0.15, 0.2) is 11.5 Å². The molecule has 1 aliphatic heterocycles. The van der Waals surface area contributed by atoms with Crippen LogP contribution in [0.5, 0.6) is 11.5 Å². The molecule has 1 amide bonds. The van der Waals surface area contributed by atoms with Gasteiger partial charge in [0.25, 0.3) is 0 Å². The minimum Gasteiger partial charge on any atom is -0.486 e. The first kappa shape index (κ1) is 14.2. The minimum atomic E-state index is -1.11. The van der Waals surface area contributed by atoms with E-state index in [0.717, 1.165) is 0 Å². The molecule has 6 nitrogen and oxygen atoms in total. The molecule has 1 heterocycles. The van der Waals surface area contributed by atoms with Crippen LogP contribution in [0.2, 0.25) is 0 Å². The summed E-state index contributed by atoms with van der Waals surface area (Å²) in [6, 6.07) is 5.19. The minimum absolute atomic E-state index is 0.118. The summed E-state index contributed by atoms with van der Waals surface area (Å²) in [6.07, 6.45) is -0.118. The number of hydrogen-bond acceptors (Lipinski definition) is 4. The summed E-state index contributed by atoms with van der Waals surface area (Å²) >= 11 is 0. The molecule has 0 aromatic heterocycles. The molecule has 0 fully saturated rings. The van der Waals surface area contributed by atoms with Crippen molar-refractivity contribution in [3.05, 3.63) is 18.2 Å². The molecular weight excluding hydrogens is 262 g/mol. The molecular formula is C14H17NO5. The molecule has 0 aliphatic carbocycles. The predicted molar refractivity (Wildman–Crippen MR) is 72.1 cm³/mol. The number of benzene rings is 1. The van der Waals surface area contributed by atoms with Crippen molar-refractivity contribution in [3.63, 3.8) is 0 Å². The number of carboxylic acids is 1. The van der Waals surface area contributed by atoms with E-state index in [0.29, 0.717) is 30.4 Å². The summed E-state index contributed by atoms with van der Waals surface area (Å²) in [6.45, 7) is 3.90. The van der Waals surface area contributed by atoms with Gasteiger partial charge in [-0.2, -0.15) is 0 Å². The Balaban J connectivity index is 2.11. The Hall–Kier alpha value is -2.24. The SMILES string of the molecule is CC(C)(CC(=O)Nc1cccc2c1OCCO2)C(=O)O. The maximum atomic E-state index is 11.9. The quantitative estimate of drug-likeness (QED) is 0.879. The molecule has 1 aromatic rings. The van der Waals surface area contributed by atoms with Crippen molar-refractivity contribution >= 4 is 17.6 Å². The maximum Gasteiger partial charge on any atom is 0.309 e. The normalized spacial score (nSPS) is 13.7. The van der Waals surface area contributed by atoms with Gasteiger partial charge in [-0.1, -0.05) is 6.07 Å². The summed E-state index contributed by atoms with van der Waals surface area (Å²) in [5.41, 5.74) is -0.621. The maximum absolute atomic E-state index is 11.9. The van der Waals surface area contributed by atoms with Crippen LogP contribution >= 0.6 is 0 Å². The van der Waals surface area contributed by atoms with E-state index >= 15 is 0 Å². The fraction of sp³-hybridized carbons (Fsp3) is 0.429. The second kappa shape index (κ2) is 5.40. The largest absolute Gasteiger partial charge is 0.486 e. The number of nitrogens with one attached hydrogen (secondary N) is 1. The molecule has 2 N–H and O–H groups in total. The number of amides is 1. The van der Waals surface area contributed by atoms with Gasteiger partial charge in [-0.15, -0.1) is 0 Å². The highest BCUT2D eigenvalue weighted by Crippen LogP contribution is 2.37. The van der Waals surface area contributed by atoms with Crippen molar-refractivity contribution in [1.29, 1.82) is 0 Å². The van der Waals surface area contributed by atoms with E-state index < -0.39 is 11.4 Å². The number of carboxylic acid groups (broad SMARTS) is 1. The lowest BCUT2D eigenvalue weighted by molar-refractivity contribution is -0.148. The van der Waals surface area contributed by atoms with Gasteiger partial charge < -0.3 is 19.9 Å². The average molecular weight is 279 g/mol. The second-order valence-electron chi connectivity index (χ2n) is 5.24. The van der Waals surface area contributed by atoms with Crippen LogP contribution in [0.25, 0.3) is 0 Å². The predicted octanol–water partition coefficient (Wildman–Crippen LogP) is 1.90. The summed E-state index contributed by atoms with van der Waals surface area (Å²) in [4.78, 5) is 23.0. The third-order valence-electron chi connectivity index (χ3n) is 3.02. The number of para-hydroxylation sites is 1. The van der Waals surface area contributed by atoms with E-state index in [1.165, 1.54) is 13.8 Å².